The number of hydrogen-bond acceptors (Lipinski definition) is 4. The van der Waals surface area contributed by atoms with Crippen LogP contribution in [0.4, 0.5) is 0 Å². The lowest BCUT2D eigenvalue weighted by Crippen LogP contribution is -2.62. The number of halogens is 2. The highest BCUT2D eigenvalue weighted by Gasteiger charge is 2.52. The van der Waals surface area contributed by atoms with E-state index in [-0.39, 0.29) is 28.9 Å². The Hall–Kier alpha value is -1.83. The molecule has 3 amide bonds. The van der Waals surface area contributed by atoms with Crippen molar-refractivity contribution in [2.75, 3.05) is 39.9 Å². The van der Waals surface area contributed by atoms with Crippen molar-refractivity contribution in [1.29, 1.82) is 0 Å². The highest BCUT2D eigenvalue weighted by molar-refractivity contribution is 6.35. The average molecular weight is 442 g/mol. The Bertz CT molecular complexity index is 804. The topological polar surface area (TPSA) is 79.0 Å². The number of nitrogens with one attached hydrogen (secondary N) is 1. The van der Waals surface area contributed by atoms with Crippen molar-refractivity contribution in [3.8, 4) is 0 Å². The number of amides is 3. The molecular formula is C20H25Cl2N3O4. The molecule has 2 aliphatic rings. The molecule has 0 radical (unpaired) electrons. The molecule has 1 N–H and O–H groups in total. The molecule has 3 rings (SSSR count). The van der Waals surface area contributed by atoms with Crippen molar-refractivity contribution in [2.24, 2.45) is 0 Å². The zero-order valence-corrected chi connectivity index (χ0v) is 17.9. The number of nitrogens with zero attached hydrogens (tertiary/aromatic N) is 2. The van der Waals surface area contributed by atoms with E-state index in [1.54, 1.807) is 23.0 Å². The van der Waals surface area contributed by atoms with Crippen molar-refractivity contribution in [3.63, 3.8) is 0 Å². The van der Waals surface area contributed by atoms with Gasteiger partial charge in [-0.15, -0.1) is 0 Å². The summed E-state index contributed by atoms with van der Waals surface area (Å²) in [5, 5.41) is 3.25. The minimum Gasteiger partial charge on any atom is -0.383 e. The lowest BCUT2D eigenvalue weighted by Gasteiger charge is -2.44. The summed E-state index contributed by atoms with van der Waals surface area (Å²) >= 11 is 12.0. The van der Waals surface area contributed by atoms with E-state index >= 15 is 0 Å². The molecule has 1 unspecified atom stereocenters. The van der Waals surface area contributed by atoms with Crippen LogP contribution in [0.2, 0.25) is 10.0 Å². The smallest absolute Gasteiger partial charge is 0.253 e. The summed E-state index contributed by atoms with van der Waals surface area (Å²) in [5.41, 5.74) is -0.593. The van der Waals surface area contributed by atoms with Gasteiger partial charge in [-0.05, 0) is 43.9 Å². The summed E-state index contributed by atoms with van der Waals surface area (Å²) in [6.07, 6.45) is 2.90. The molecule has 0 saturated carbocycles. The SMILES string of the molecule is COCCN1CCCC2(CCCN2C(=O)CNC(=O)c2cc(Cl)ccc2Cl)C1=O. The van der Waals surface area contributed by atoms with E-state index in [0.717, 1.165) is 12.8 Å². The summed E-state index contributed by atoms with van der Waals surface area (Å²) in [6, 6.07) is 4.58. The first-order valence-electron chi connectivity index (χ1n) is 9.71. The van der Waals surface area contributed by atoms with Gasteiger partial charge in [-0.25, -0.2) is 0 Å². The second-order valence-electron chi connectivity index (χ2n) is 7.38. The molecule has 0 bridgehead atoms. The third kappa shape index (κ3) is 4.52. The van der Waals surface area contributed by atoms with Crippen molar-refractivity contribution < 1.29 is 19.1 Å². The zero-order valence-electron chi connectivity index (χ0n) is 16.4. The van der Waals surface area contributed by atoms with E-state index in [1.807, 2.05) is 0 Å². The van der Waals surface area contributed by atoms with Crippen LogP contribution in [-0.2, 0) is 14.3 Å². The first-order valence-corrected chi connectivity index (χ1v) is 10.5. The molecule has 2 fully saturated rings. The van der Waals surface area contributed by atoms with Crippen LogP contribution in [0.25, 0.3) is 0 Å². The summed E-state index contributed by atoms with van der Waals surface area (Å²) in [4.78, 5) is 42.0. The molecule has 1 aromatic carbocycles. The molecule has 2 aliphatic heterocycles. The van der Waals surface area contributed by atoms with Crippen molar-refractivity contribution in [1.82, 2.24) is 15.1 Å². The van der Waals surface area contributed by atoms with E-state index in [0.29, 0.717) is 44.1 Å². The van der Waals surface area contributed by atoms with Crippen LogP contribution >= 0.6 is 23.2 Å². The van der Waals surface area contributed by atoms with E-state index in [9.17, 15) is 14.4 Å². The molecule has 0 aromatic heterocycles. The van der Waals surface area contributed by atoms with Crippen molar-refractivity contribution >= 4 is 40.9 Å². The van der Waals surface area contributed by atoms with E-state index in [4.69, 9.17) is 27.9 Å². The van der Waals surface area contributed by atoms with Gasteiger partial charge in [0, 0.05) is 31.8 Å². The fourth-order valence-electron chi connectivity index (χ4n) is 4.22. The summed E-state index contributed by atoms with van der Waals surface area (Å²) in [5.74, 6) is -0.761. The Morgan fingerprint density at radius 2 is 1.93 bits per heavy atom. The van der Waals surface area contributed by atoms with Gasteiger partial charge in [0.15, 0.2) is 0 Å². The molecule has 2 heterocycles. The molecule has 1 aromatic rings. The van der Waals surface area contributed by atoms with E-state index < -0.39 is 11.4 Å². The van der Waals surface area contributed by atoms with Gasteiger partial charge >= 0.3 is 0 Å². The van der Waals surface area contributed by atoms with Gasteiger partial charge in [0.2, 0.25) is 11.8 Å². The Kier molecular flexibility index (Phi) is 7.03. The van der Waals surface area contributed by atoms with Gasteiger partial charge in [0.25, 0.3) is 5.91 Å². The molecule has 29 heavy (non-hydrogen) atoms. The number of piperidine rings is 1. The molecule has 0 aliphatic carbocycles. The van der Waals surface area contributed by atoms with Crippen LogP contribution in [0.5, 0.6) is 0 Å². The number of ether oxygens (including phenoxy) is 1. The monoisotopic (exact) mass is 441 g/mol. The lowest BCUT2D eigenvalue weighted by atomic mass is 9.85. The Balaban J connectivity index is 1.67. The van der Waals surface area contributed by atoms with Crippen LogP contribution in [0.1, 0.15) is 36.0 Å². The first-order chi connectivity index (χ1) is 13.9. The molecule has 2 saturated heterocycles. The average Bonchev–Trinajstić information content (AvgIpc) is 3.13. The predicted octanol–water partition coefficient (Wildman–Crippen LogP) is 2.35. The molecule has 1 spiro atoms. The standard InChI is InChI=1S/C20H25Cl2N3O4/c1-29-11-10-24-8-2-6-20(19(24)28)7-3-9-25(20)17(26)13-23-18(27)15-12-14(21)4-5-16(15)22/h4-5,12H,2-3,6-11,13H2,1H3,(H,23,27). The number of likely N-dealkylation sites (tertiary alicyclic amines) is 2. The second-order valence-corrected chi connectivity index (χ2v) is 8.22. The van der Waals surface area contributed by atoms with Crippen LogP contribution in [0.15, 0.2) is 18.2 Å². The Labute approximate surface area is 180 Å². The van der Waals surface area contributed by atoms with Gasteiger partial charge in [-0.1, -0.05) is 23.2 Å². The largest absolute Gasteiger partial charge is 0.383 e. The van der Waals surface area contributed by atoms with Gasteiger partial charge < -0.3 is 19.9 Å². The normalized spacial score (nSPS) is 21.7. The van der Waals surface area contributed by atoms with Crippen molar-refractivity contribution in [2.45, 2.75) is 31.2 Å². The van der Waals surface area contributed by atoms with Crippen LogP contribution in [-0.4, -0.2) is 73.0 Å². The van der Waals surface area contributed by atoms with Gasteiger partial charge in [0.05, 0.1) is 23.7 Å². The van der Waals surface area contributed by atoms with Crippen LogP contribution in [0.3, 0.4) is 0 Å². The summed E-state index contributed by atoms with van der Waals surface area (Å²) in [6.45, 7) is 1.97. The second kappa shape index (κ2) is 9.32. The van der Waals surface area contributed by atoms with E-state index in [1.165, 1.54) is 12.1 Å². The number of carbonyl (C=O) groups is 3. The van der Waals surface area contributed by atoms with E-state index in [2.05, 4.69) is 5.32 Å². The summed E-state index contributed by atoms with van der Waals surface area (Å²) < 4.78 is 5.10. The number of carbonyl (C=O) groups excluding carboxylic acids is 3. The Morgan fingerprint density at radius 1 is 1.21 bits per heavy atom. The minimum absolute atomic E-state index is 0.0177. The third-order valence-corrected chi connectivity index (χ3v) is 6.20. The maximum absolute atomic E-state index is 13.2. The third-order valence-electron chi connectivity index (χ3n) is 5.63. The summed E-state index contributed by atoms with van der Waals surface area (Å²) in [7, 11) is 1.60. The molecule has 7 nitrogen and oxygen atoms in total. The molecular weight excluding hydrogens is 417 g/mol. The fourth-order valence-corrected chi connectivity index (χ4v) is 4.60. The van der Waals surface area contributed by atoms with Crippen molar-refractivity contribution in [3.05, 3.63) is 33.8 Å². The quantitative estimate of drug-likeness (QED) is 0.734. The molecule has 158 valence electrons. The van der Waals surface area contributed by atoms with Gasteiger partial charge in [0.1, 0.15) is 5.54 Å². The maximum atomic E-state index is 13.2. The number of hydrogen-bond donors (Lipinski definition) is 1. The number of benzene rings is 1. The van der Waals surface area contributed by atoms with Gasteiger partial charge in [-0.3, -0.25) is 14.4 Å². The zero-order chi connectivity index (χ0) is 21.0. The predicted molar refractivity (Wildman–Crippen MR) is 110 cm³/mol. The van der Waals surface area contributed by atoms with Crippen LogP contribution < -0.4 is 5.32 Å². The fraction of sp³-hybridized carbons (Fsp3) is 0.550. The minimum atomic E-state index is -0.804. The number of methoxy groups -OCH3 is 1. The molecule has 1 atom stereocenters. The molecule has 9 heteroatoms. The maximum Gasteiger partial charge on any atom is 0.253 e. The highest BCUT2D eigenvalue weighted by Crippen LogP contribution is 2.38. The Morgan fingerprint density at radius 3 is 2.66 bits per heavy atom. The van der Waals surface area contributed by atoms with Crippen LogP contribution in [0, 0.1) is 0 Å². The lowest BCUT2D eigenvalue weighted by molar-refractivity contribution is -0.155. The first kappa shape index (κ1) is 21.9. The van der Waals surface area contributed by atoms with Gasteiger partial charge in [-0.2, -0.15) is 0 Å². The number of rotatable bonds is 6. The highest BCUT2D eigenvalue weighted by atomic mass is 35.5.